The molecule has 2 rings (SSSR count). The summed E-state index contributed by atoms with van der Waals surface area (Å²) < 4.78 is 38.1. The van der Waals surface area contributed by atoms with E-state index in [-0.39, 0.29) is 18.5 Å². The number of halogens is 3. The maximum absolute atomic E-state index is 12.7. The zero-order chi connectivity index (χ0) is 14.8. The molecule has 1 aromatic heterocycles. The van der Waals surface area contributed by atoms with Crippen LogP contribution in [0.2, 0.25) is 0 Å². The minimum absolute atomic E-state index is 0.0710. The lowest BCUT2D eigenvalue weighted by atomic mass is 9.97. The molecule has 0 spiro atoms. The fraction of sp³-hybridized carbons (Fsp3) is 0.500. The molecular formula is C12H15F3N4O. The van der Waals surface area contributed by atoms with Crippen molar-refractivity contribution in [3.05, 3.63) is 23.9 Å². The van der Waals surface area contributed by atoms with Gasteiger partial charge in [0.25, 0.3) is 5.91 Å². The van der Waals surface area contributed by atoms with Crippen molar-refractivity contribution < 1.29 is 18.0 Å². The number of carbonyl (C=O) groups excluding carboxylic acids is 1. The van der Waals surface area contributed by atoms with Crippen LogP contribution in [0.25, 0.3) is 0 Å². The van der Waals surface area contributed by atoms with Crippen molar-refractivity contribution in [2.75, 3.05) is 18.5 Å². The summed E-state index contributed by atoms with van der Waals surface area (Å²) in [5.41, 5.74) is 2.57. The third-order valence-electron chi connectivity index (χ3n) is 3.33. The molecular weight excluding hydrogens is 273 g/mol. The van der Waals surface area contributed by atoms with Crippen LogP contribution in [0.15, 0.2) is 18.3 Å². The molecule has 1 atom stereocenters. The number of piperidine rings is 1. The van der Waals surface area contributed by atoms with E-state index in [1.54, 1.807) is 0 Å². The Morgan fingerprint density at radius 3 is 2.75 bits per heavy atom. The Labute approximate surface area is 113 Å². The standard InChI is InChI=1S/C12H15F3N4O/c13-12(14,15)9-2-1-5-19(7-9)11(20)8-3-4-10(18-16)17-6-8/h3-4,6,9H,1-2,5,7,16H2,(H,17,18). The number of pyridine rings is 1. The second-order valence-electron chi connectivity index (χ2n) is 4.71. The Hall–Kier alpha value is -1.83. The molecule has 3 N–H and O–H groups in total. The Bertz CT molecular complexity index is 475. The van der Waals surface area contributed by atoms with Crippen LogP contribution in [0, 0.1) is 5.92 Å². The van der Waals surface area contributed by atoms with Gasteiger partial charge < -0.3 is 10.3 Å². The summed E-state index contributed by atoms with van der Waals surface area (Å²) in [6.07, 6.45) is -2.54. The first-order valence-corrected chi connectivity index (χ1v) is 6.20. The molecule has 1 saturated heterocycles. The van der Waals surface area contributed by atoms with Gasteiger partial charge in [-0.1, -0.05) is 0 Å². The van der Waals surface area contributed by atoms with Gasteiger partial charge in [-0.05, 0) is 25.0 Å². The summed E-state index contributed by atoms with van der Waals surface area (Å²) in [5, 5.41) is 0. The van der Waals surface area contributed by atoms with Crippen LogP contribution >= 0.6 is 0 Å². The highest BCUT2D eigenvalue weighted by molar-refractivity contribution is 5.94. The molecule has 8 heteroatoms. The summed E-state index contributed by atoms with van der Waals surface area (Å²) in [4.78, 5) is 17.2. The maximum atomic E-state index is 12.7. The molecule has 1 fully saturated rings. The molecule has 2 heterocycles. The Kier molecular flexibility index (Phi) is 4.12. The van der Waals surface area contributed by atoms with Crippen LogP contribution in [0.3, 0.4) is 0 Å². The molecule has 110 valence electrons. The number of likely N-dealkylation sites (tertiary alicyclic amines) is 1. The van der Waals surface area contributed by atoms with E-state index in [4.69, 9.17) is 5.84 Å². The Balaban J connectivity index is 2.08. The number of nitrogens with zero attached hydrogens (tertiary/aromatic N) is 2. The normalized spacial score (nSPS) is 19.8. The van der Waals surface area contributed by atoms with E-state index in [2.05, 4.69) is 10.4 Å². The molecule has 1 amide bonds. The molecule has 0 saturated carbocycles. The molecule has 1 aliphatic heterocycles. The van der Waals surface area contributed by atoms with Crippen molar-refractivity contribution in [1.82, 2.24) is 9.88 Å². The third-order valence-corrected chi connectivity index (χ3v) is 3.33. The topological polar surface area (TPSA) is 71.2 Å². The van der Waals surface area contributed by atoms with E-state index in [1.165, 1.54) is 23.2 Å². The van der Waals surface area contributed by atoms with Gasteiger partial charge in [-0.2, -0.15) is 13.2 Å². The van der Waals surface area contributed by atoms with Crippen LogP contribution in [0.5, 0.6) is 0 Å². The highest BCUT2D eigenvalue weighted by atomic mass is 19.4. The fourth-order valence-electron chi connectivity index (χ4n) is 2.22. The van der Waals surface area contributed by atoms with E-state index < -0.39 is 18.0 Å². The van der Waals surface area contributed by atoms with Crippen LogP contribution in [0.1, 0.15) is 23.2 Å². The maximum Gasteiger partial charge on any atom is 0.393 e. The number of aromatic nitrogens is 1. The molecule has 0 aliphatic carbocycles. The smallest absolute Gasteiger partial charge is 0.338 e. The van der Waals surface area contributed by atoms with E-state index in [1.807, 2.05) is 0 Å². The average Bonchev–Trinajstić information content (AvgIpc) is 2.46. The molecule has 1 unspecified atom stereocenters. The predicted molar refractivity (Wildman–Crippen MR) is 66.7 cm³/mol. The third kappa shape index (κ3) is 3.19. The van der Waals surface area contributed by atoms with Gasteiger partial charge in [0, 0.05) is 19.3 Å². The van der Waals surface area contributed by atoms with Gasteiger partial charge in [0.1, 0.15) is 5.82 Å². The summed E-state index contributed by atoms with van der Waals surface area (Å²) in [6, 6.07) is 2.99. The molecule has 1 aromatic rings. The zero-order valence-electron chi connectivity index (χ0n) is 10.7. The van der Waals surface area contributed by atoms with Gasteiger partial charge in [-0.25, -0.2) is 10.8 Å². The van der Waals surface area contributed by atoms with Gasteiger partial charge in [0.2, 0.25) is 0 Å². The number of hydrogen-bond acceptors (Lipinski definition) is 4. The Morgan fingerprint density at radius 1 is 1.45 bits per heavy atom. The minimum atomic E-state index is -4.26. The minimum Gasteiger partial charge on any atom is -0.338 e. The molecule has 1 aliphatic rings. The number of anilines is 1. The number of nitrogens with two attached hydrogens (primary N) is 1. The first-order valence-electron chi connectivity index (χ1n) is 6.20. The number of hydrazine groups is 1. The van der Waals surface area contributed by atoms with Gasteiger partial charge in [-0.15, -0.1) is 0 Å². The Morgan fingerprint density at radius 2 is 2.20 bits per heavy atom. The van der Waals surface area contributed by atoms with E-state index >= 15 is 0 Å². The lowest BCUT2D eigenvalue weighted by Crippen LogP contribution is -2.44. The van der Waals surface area contributed by atoms with E-state index in [9.17, 15) is 18.0 Å². The van der Waals surface area contributed by atoms with Crippen LogP contribution in [-0.4, -0.2) is 35.1 Å². The molecule has 20 heavy (non-hydrogen) atoms. The average molecular weight is 288 g/mol. The fourth-order valence-corrected chi connectivity index (χ4v) is 2.22. The van der Waals surface area contributed by atoms with Gasteiger partial charge in [0.05, 0.1) is 11.5 Å². The number of rotatable bonds is 2. The van der Waals surface area contributed by atoms with E-state index in [0.717, 1.165) is 0 Å². The quantitative estimate of drug-likeness (QED) is 0.643. The van der Waals surface area contributed by atoms with Crippen LogP contribution in [0.4, 0.5) is 19.0 Å². The number of alkyl halides is 3. The lowest BCUT2D eigenvalue weighted by Gasteiger charge is -2.33. The number of amides is 1. The number of hydrogen-bond donors (Lipinski definition) is 2. The molecule has 0 bridgehead atoms. The predicted octanol–water partition coefficient (Wildman–Crippen LogP) is 1.78. The highest BCUT2D eigenvalue weighted by Crippen LogP contribution is 2.33. The summed E-state index contributed by atoms with van der Waals surface area (Å²) in [7, 11) is 0. The molecule has 0 aromatic carbocycles. The van der Waals surface area contributed by atoms with Gasteiger partial charge in [-0.3, -0.25) is 4.79 Å². The molecule has 5 nitrogen and oxygen atoms in total. The summed E-state index contributed by atoms with van der Waals surface area (Å²) in [5.74, 6) is 3.65. The van der Waals surface area contributed by atoms with Crippen molar-refractivity contribution >= 4 is 11.7 Å². The van der Waals surface area contributed by atoms with Crippen molar-refractivity contribution in [2.45, 2.75) is 19.0 Å². The number of nitrogen functional groups attached to an aromatic ring is 1. The summed E-state index contributed by atoms with van der Waals surface area (Å²) in [6.45, 7) is 0.0432. The monoisotopic (exact) mass is 288 g/mol. The second-order valence-corrected chi connectivity index (χ2v) is 4.71. The SMILES string of the molecule is NNc1ccc(C(=O)N2CCCC(C(F)(F)F)C2)cn1. The molecule has 0 radical (unpaired) electrons. The number of nitrogens with one attached hydrogen (secondary N) is 1. The van der Waals surface area contributed by atoms with E-state index in [0.29, 0.717) is 18.8 Å². The zero-order valence-corrected chi connectivity index (χ0v) is 10.7. The van der Waals surface area contributed by atoms with Crippen molar-refractivity contribution in [3.8, 4) is 0 Å². The van der Waals surface area contributed by atoms with Crippen LogP contribution in [-0.2, 0) is 0 Å². The van der Waals surface area contributed by atoms with Gasteiger partial charge >= 0.3 is 6.18 Å². The first-order chi connectivity index (χ1) is 9.41. The largest absolute Gasteiger partial charge is 0.393 e. The summed E-state index contributed by atoms with van der Waals surface area (Å²) >= 11 is 0. The van der Waals surface area contributed by atoms with Gasteiger partial charge in [0.15, 0.2) is 0 Å². The van der Waals surface area contributed by atoms with Crippen molar-refractivity contribution in [3.63, 3.8) is 0 Å². The highest BCUT2D eigenvalue weighted by Gasteiger charge is 2.42. The first kappa shape index (κ1) is 14.6. The second kappa shape index (κ2) is 5.66. The van der Waals surface area contributed by atoms with Crippen molar-refractivity contribution in [2.24, 2.45) is 11.8 Å². The number of carbonyl (C=O) groups is 1. The van der Waals surface area contributed by atoms with Crippen LogP contribution < -0.4 is 11.3 Å². The van der Waals surface area contributed by atoms with Crippen molar-refractivity contribution in [1.29, 1.82) is 0 Å². The lowest BCUT2D eigenvalue weighted by molar-refractivity contribution is -0.184.